The molecule has 0 aromatic carbocycles. The Morgan fingerprint density at radius 2 is 1.96 bits per heavy atom. The number of pyridine rings is 1. The lowest BCUT2D eigenvalue weighted by Crippen LogP contribution is -2.46. The van der Waals surface area contributed by atoms with E-state index in [9.17, 15) is 4.79 Å². The summed E-state index contributed by atoms with van der Waals surface area (Å²) in [7, 11) is 1.87. The van der Waals surface area contributed by atoms with E-state index < -0.39 is 0 Å². The van der Waals surface area contributed by atoms with Crippen molar-refractivity contribution >= 4 is 17.2 Å². The zero-order valence-corrected chi connectivity index (χ0v) is 18.1. The Morgan fingerprint density at radius 3 is 2.54 bits per heavy atom. The molecule has 5 nitrogen and oxygen atoms in total. The highest BCUT2D eigenvalue weighted by Gasteiger charge is 2.33. The normalized spacial score (nSPS) is 12.8. The minimum atomic E-state index is -0.0958. The predicted octanol–water partition coefficient (Wildman–Crippen LogP) is 5.14. The fourth-order valence-corrected chi connectivity index (χ4v) is 4.30. The van der Waals surface area contributed by atoms with Crippen LogP contribution in [0.4, 0.5) is 0 Å². The quantitative estimate of drug-likeness (QED) is 0.598. The number of hydrogen-bond donors (Lipinski definition) is 0. The van der Waals surface area contributed by atoms with Crippen LogP contribution in [0.25, 0.3) is 10.8 Å². The average Bonchev–Trinajstić information content (AvgIpc) is 3.24. The van der Waals surface area contributed by atoms with Crippen molar-refractivity contribution in [3.8, 4) is 10.8 Å². The topological polar surface area (TPSA) is 59.2 Å². The molecule has 3 aromatic rings. The van der Waals surface area contributed by atoms with E-state index in [1.54, 1.807) is 6.20 Å². The Balaban J connectivity index is 1.88. The van der Waals surface area contributed by atoms with Gasteiger partial charge in [0.05, 0.1) is 5.69 Å². The van der Waals surface area contributed by atoms with Crippen molar-refractivity contribution in [3.63, 3.8) is 0 Å². The van der Waals surface area contributed by atoms with Crippen LogP contribution in [-0.2, 0) is 6.42 Å². The first-order valence-corrected chi connectivity index (χ1v) is 10.2. The van der Waals surface area contributed by atoms with E-state index in [4.69, 9.17) is 4.42 Å². The molecule has 148 valence electrons. The van der Waals surface area contributed by atoms with Crippen LogP contribution in [0.2, 0.25) is 0 Å². The number of nitrogens with zero attached hydrogens (tertiary/aromatic N) is 3. The fraction of sp³-hybridized carbons (Fsp3) is 0.409. The van der Waals surface area contributed by atoms with Crippen LogP contribution >= 0.6 is 11.3 Å². The van der Waals surface area contributed by atoms with E-state index >= 15 is 0 Å². The number of amides is 1. The molecule has 0 radical (unpaired) electrons. The van der Waals surface area contributed by atoms with Crippen molar-refractivity contribution in [2.24, 2.45) is 5.41 Å². The molecule has 3 rings (SSSR count). The highest BCUT2D eigenvalue weighted by Crippen LogP contribution is 2.32. The molecule has 28 heavy (non-hydrogen) atoms. The maximum atomic E-state index is 13.3. The van der Waals surface area contributed by atoms with E-state index in [0.29, 0.717) is 17.1 Å². The second-order valence-corrected chi connectivity index (χ2v) is 9.17. The van der Waals surface area contributed by atoms with Gasteiger partial charge in [0.15, 0.2) is 10.8 Å². The summed E-state index contributed by atoms with van der Waals surface area (Å²) in [6, 6.07) is 9.70. The highest BCUT2D eigenvalue weighted by molar-refractivity contribution is 7.17. The Labute approximate surface area is 170 Å². The third kappa shape index (κ3) is 4.33. The minimum Gasteiger partial charge on any atom is -0.459 e. The van der Waals surface area contributed by atoms with E-state index in [2.05, 4.69) is 30.7 Å². The second-order valence-electron chi connectivity index (χ2n) is 8.17. The van der Waals surface area contributed by atoms with E-state index in [1.165, 1.54) is 11.3 Å². The number of likely N-dealkylation sites (N-methyl/N-ethyl adjacent to an activating group) is 1. The molecule has 0 fully saturated rings. The first-order valence-electron chi connectivity index (χ1n) is 9.38. The number of furan rings is 1. The molecular weight excluding hydrogens is 370 g/mol. The molecule has 3 heterocycles. The summed E-state index contributed by atoms with van der Waals surface area (Å²) in [4.78, 5) is 24.9. The van der Waals surface area contributed by atoms with Gasteiger partial charge in [0, 0.05) is 31.4 Å². The van der Waals surface area contributed by atoms with Gasteiger partial charge in [-0.25, -0.2) is 4.98 Å². The zero-order valence-electron chi connectivity index (χ0n) is 17.3. The van der Waals surface area contributed by atoms with E-state index in [0.717, 1.165) is 22.2 Å². The molecule has 1 amide bonds. The Kier molecular flexibility index (Phi) is 5.70. The summed E-state index contributed by atoms with van der Waals surface area (Å²) in [5.74, 6) is 1.52. The van der Waals surface area contributed by atoms with Crippen LogP contribution < -0.4 is 0 Å². The zero-order chi connectivity index (χ0) is 20.5. The molecule has 0 aliphatic carbocycles. The summed E-state index contributed by atoms with van der Waals surface area (Å²) in [6.45, 7) is 10.2. The second kappa shape index (κ2) is 7.87. The molecule has 1 atom stereocenters. The maximum absolute atomic E-state index is 13.3. The average molecular weight is 398 g/mol. The molecular formula is C22H27N3O2S. The molecule has 0 unspecified atom stereocenters. The lowest BCUT2D eigenvalue weighted by molar-refractivity contribution is 0.0599. The van der Waals surface area contributed by atoms with Gasteiger partial charge in [-0.3, -0.25) is 9.78 Å². The minimum absolute atomic E-state index is 0.00528. The van der Waals surface area contributed by atoms with Crippen molar-refractivity contribution in [2.75, 3.05) is 7.05 Å². The summed E-state index contributed by atoms with van der Waals surface area (Å²) in [5.41, 5.74) is 1.62. The van der Waals surface area contributed by atoms with Crippen LogP contribution in [-0.4, -0.2) is 33.9 Å². The van der Waals surface area contributed by atoms with Crippen molar-refractivity contribution in [3.05, 3.63) is 58.6 Å². The molecule has 0 N–H and O–H groups in total. The lowest BCUT2D eigenvalue weighted by atomic mass is 9.83. The van der Waals surface area contributed by atoms with Gasteiger partial charge in [-0.1, -0.05) is 26.8 Å². The van der Waals surface area contributed by atoms with Gasteiger partial charge in [0.25, 0.3) is 5.91 Å². The third-order valence-electron chi connectivity index (χ3n) is 4.86. The molecule has 0 aliphatic heterocycles. The van der Waals surface area contributed by atoms with Gasteiger partial charge >= 0.3 is 0 Å². The van der Waals surface area contributed by atoms with E-state index in [-0.39, 0.29) is 17.4 Å². The van der Waals surface area contributed by atoms with Crippen LogP contribution in [0, 0.1) is 19.3 Å². The predicted molar refractivity (Wildman–Crippen MR) is 113 cm³/mol. The third-order valence-corrected chi connectivity index (χ3v) is 6.02. The monoisotopic (exact) mass is 397 g/mol. The standard InChI is InChI=1S/C22H27N3O2S/c1-14-10-11-17(27-14)20-24-15(2)19(28-20)21(26)25(6)18(22(3,4)5)13-16-9-7-8-12-23-16/h7-12,18H,13H2,1-6H3/t18-/m1/s1. The molecule has 0 saturated heterocycles. The SMILES string of the molecule is Cc1ccc(-c2nc(C)c(C(=O)N(C)[C@H](Cc3ccccn3)C(C)(C)C)s2)o1. The van der Waals surface area contributed by atoms with Crippen molar-refractivity contribution in [1.82, 2.24) is 14.9 Å². The number of aryl methyl sites for hydroxylation is 2. The van der Waals surface area contributed by atoms with Crippen LogP contribution in [0.15, 0.2) is 40.9 Å². The van der Waals surface area contributed by atoms with Crippen LogP contribution in [0.1, 0.15) is 47.6 Å². The number of aromatic nitrogens is 2. The largest absolute Gasteiger partial charge is 0.459 e. The van der Waals surface area contributed by atoms with Crippen molar-refractivity contribution in [2.45, 2.75) is 47.1 Å². The molecule has 0 saturated carbocycles. The van der Waals surface area contributed by atoms with Crippen LogP contribution in [0.3, 0.4) is 0 Å². The molecule has 6 heteroatoms. The lowest BCUT2D eigenvalue weighted by Gasteiger charge is -2.38. The van der Waals surface area contributed by atoms with Gasteiger partial charge in [0.1, 0.15) is 10.6 Å². The Morgan fingerprint density at radius 1 is 1.21 bits per heavy atom. The molecule has 0 aliphatic rings. The van der Waals surface area contributed by atoms with Gasteiger partial charge < -0.3 is 9.32 Å². The van der Waals surface area contributed by atoms with Crippen molar-refractivity contribution in [1.29, 1.82) is 0 Å². The number of carbonyl (C=O) groups excluding carboxylic acids is 1. The Bertz CT molecular complexity index is 954. The van der Waals surface area contributed by atoms with E-state index in [1.807, 2.05) is 56.1 Å². The first-order chi connectivity index (χ1) is 13.2. The molecule has 3 aromatic heterocycles. The van der Waals surface area contributed by atoms with Gasteiger partial charge in [-0.2, -0.15) is 0 Å². The number of hydrogen-bond acceptors (Lipinski definition) is 5. The number of rotatable bonds is 5. The van der Waals surface area contributed by atoms with Crippen molar-refractivity contribution < 1.29 is 9.21 Å². The number of thiazole rings is 1. The summed E-state index contributed by atoms with van der Waals surface area (Å²) in [5, 5.41) is 0.736. The highest BCUT2D eigenvalue weighted by atomic mass is 32.1. The maximum Gasteiger partial charge on any atom is 0.265 e. The number of carbonyl (C=O) groups is 1. The molecule has 0 spiro atoms. The van der Waals surface area contributed by atoms with Gasteiger partial charge in [-0.15, -0.1) is 11.3 Å². The first kappa shape index (κ1) is 20.3. The Hall–Kier alpha value is -2.47. The van der Waals surface area contributed by atoms with Gasteiger partial charge in [0.2, 0.25) is 0 Å². The van der Waals surface area contributed by atoms with Gasteiger partial charge in [-0.05, 0) is 43.5 Å². The summed E-state index contributed by atoms with van der Waals surface area (Å²) in [6.07, 6.45) is 2.50. The smallest absolute Gasteiger partial charge is 0.265 e. The molecule has 0 bridgehead atoms. The van der Waals surface area contributed by atoms with Crippen LogP contribution in [0.5, 0.6) is 0 Å². The summed E-state index contributed by atoms with van der Waals surface area (Å²) >= 11 is 1.39. The fourth-order valence-electron chi connectivity index (χ4n) is 3.29. The summed E-state index contributed by atoms with van der Waals surface area (Å²) < 4.78 is 5.67.